The second-order valence-corrected chi connectivity index (χ2v) is 5.69. The van der Waals surface area contributed by atoms with E-state index in [1.54, 1.807) is 12.1 Å². The molecule has 1 fully saturated rings. The van der Waals surface area contributed by atoms with Crippen molar-refractivity contribution in [3.63, 3.8) is 0 Å². The highest BCUT2D eigenvalue weighted by Gasteiger charge is 2.20. The van der Waals surface area contributed by atoms with Gasteiger partial charge in [0.25, 0.3) is 0 Å². The molecular weight excluding hydrogens is 236 g/mol. The molecule has 100 valence electrons. The first-order valence-electron chi connectivity index (χ1n) is 7.06. The minimum Gasteiger partial charge on any atom is -0.508 e. The monoisotopic (exact) mass is 256 g/mol. The van der Waals surface area contributed by atoms with Crippen molar-refractivity contribution in [3.8, 4) is 11.4 Å². The maximum absolute atomic E-state index is 9.31. The molecule has 1 N–H and O–H groups in total. The fourth-order valence-corrected chi connectivity index (χ4v) is 2.89. The molecule has 0 saturated heterocycles. The van der Waals surface area contributed by atoms with Crippen LogP contribution >= 0.6 is 0 Å². The lowest BCUT2D eigenvalue weighted by molar-refractivity contribution is 0.348. The molecule has 0 radical (unpaired) electrons. The van der Waals surface area contributed by atoms with Gasteiger partial charge in [0, 0.05) is 6.20 Å². The van der Waals surface area contributed by atoms with Crippen LogP contribution in [0.25, 0.3) is 5.69 Å². The summed E-state index contributed by atoms with van der Waals surface area (Å²) in [6.07, 6.45) is 9.34. The van der Waals surface area contributed by atoms with E-state index in [-0.39, 0.29) is 5.75 Å². The van der Waals surface area contributed by atoms with Gasteiger partial charge in [0.1, 0.15) is 5.75 Å². The maximum atomic E-state index is 9.31. The molecule has 0 bridgehead atoms. The van der Waals surface area contributed by atoms with Gasteiger partial charge in [-0.05, 0) is 54.5 Å². The number of hydrogen-bond donors (Lipinski definition) is 1. The minimum atomic E-state index is 0.289. The molecule has 0 amide bonds. The standard InChI is InChI=1S/C16H20N2O/c1-12-2-4-13(5-3-12)14-10-17-18(11-14)15-6-8-16(19)9-7-15/h6-13,19H,2-5H2,1H3. The maximum Gasteiger partial charge on any atom is 0.115 e. The quantitative estimate of drug-likeness (QED) is 0.885. The number of aromatic hydroxyl groups is 1. The van der Waals surface area contributed by atoms with Gasteiger partial charge in [-0.15, -0.1) is 0 Å². The Morgan fingerprint density at radius 3 is 2.47 bits per heavy atom. The Balaban J connectivity index is 1.77. The summed E-state index contributed by atoms with van der Waals surface area (Å²) in [5, 5.41) is 13.8. The topological polar surface area (TPSA) is 38.0 Å². The van der Waals surface area contributed by atoms with Gasteiger partial charge >= 0.3 is 0 Å². The highest BCUT2D eigenvalue weighted by Crippen LogP contribution is 2.35. The Kier molecular flexibility index (Phi) is 3.28. The smallest absolute Gasteiger partial charge is 0.115 e. The Morgan fingerprint density at radius 1 is 1.11 bits per heavy atom. The third kappa shape index (κ3) is 2.65. The normalized spacial score (nSPS) is 23.4. The van der Waals surface area contributed by atoms with E-state index in [9.17, 15) is 5.11 Å². The summed E-state index contributed by atoms with van der Waals surface area (Å²) < 4.78 is 1.90. The number of benzene rings is 1. The van der Waals surface area contributed by atoms with Crippen LogP contribution in [0.2, 0.25) is 0 Å². The van der Waals surface area contributed by atoms with Crippen molar-refractivity contribution in [2.75, 3.05) is 0 Å². The number of rotatable bonds is 2. The Labute approximate surface area is 113 Å². The zero-order valence-electron chi connectivity index (χ0n) is 11.3. The van der Waals surface area contributed by atoms with Crippen molar-refractivity contribution in [2.24, 2.45) is 5.92 Å². The van der Waals surface area contributed by atoms with Crippen molar-refractivity contribution in [1.82, 2.24) is 9.78 Å². The third-order valence-electron chi connectivity index (χ3n) is 4.20. The van der Waals surface area contributed by atoms with Gasteiger partial charge < -0.3 is 5.11 Å². The molecule has 3 rings (SSSR count). The largest absolute Gasteiger partial charge is 0.508 e. The van der Waals surface area contributed by atoms with Crippen LogP contribution in [0.5, 0.6) is 5.75 Å². The first-order chi connectivity index (χ1) is 9.22. The number of hydrogen-bond acceptors (Lipinski definition) is 2. The number of phenols is 1. The fraction of sp³-hybridized carbons (Fsp3) is 0.438. The van der Waals surface area contributed by atoms with Gasteiger partial charge in [-0.2, -0.15) is 5.10 Å². The lowest BCUT2D eigenvalue weighted by atomic mass is 9.80. The van der Waals surface area contributed by atoms with Gasteiger partial charge in [0.05, 0.1) is 11.9 Å². The highest BCUT2D eigenvalue weighted by molar-refractivity contribution is 5.36. The number of aromatic nitrogens is 2. The van der Waals surface area contributed by atoms with E-state index in [1.807, 2.05) is 23.0 Å². The number of nitrogens with zero attached hydrogens (tertiary/aromatic N) is 2. The molecule has 0 aliphatic heterocycles. The molecule has 0 spiro atoms. The van der Waals surface area contributed by atoms with E-state index in [1.165, 1.54) is 31.2 Å². The van der Waals surface area contributed by atoms with Crippen LogP contribution in [0.3, 0.4) is 0 Å². The Bertz CT molecular complexity index is 536. The van der Waals surface area contributed by atoms with Crippen LogP contribution in [0.4, 0.5) is 0 Å². The predicted octanol–water partition coefficient (Wildman–Crippen LogP) is 3.87. The van der Waals surface area contributed by atoms with Crippen LogP contribution in [0, 0.1) is 5.92 Å². The molecule has 3 nitrogen and oxygen atoms in total. The van der Waals surface area contributed by atoms with Gasteiger partial charge in [0.2, 0.25) is 0 Å². The van der Waals surface area contributed by atoms with E-state index < -0.39 is 0 Å². The van der Waals surface area contributed by atoms with E-state index in [0.717, 1.165) is 11.6 Å². The van der Waals surface area contributed by atoms with Gasteiger partial charge in [-0.25, -0.2) is 4.68 Å². The molecular formula is C16H20N2O. The van der Waals surface area contributed by atoms with E-state index in [0.29, 0.717) is 5.92 Å². The van der Waals surface area contributed by atoms with Crippen molar-refractivity contribution in [3.05, 3.63) is 42.2 Å². The summed E-state index contributed by atoms with van der Waals surface area (Å²) in [7, 11) is 0. The first-order valence-corrected chi connectivity index (χ1v) is 7.06. The number of phenolic OH excluding ortho intramolecular Hbond substituents is 1. The zero-order valence-corrected chi connectivity index (χ0v) is 11.3. The summed E-state index contributed by atoms with van der Waals surface area (Å²) in [5.41, 5.74) is 2.34. The highest BCUT2D eigenvalue weighted by atomic mass is 16.3. The summed E-state index contributed by atoms with van der Waals surface area (Å²) in [5.74, 6) is 1.84. The SMILES string of the molecule is CC1CCC(c2cnn(-c3ccc(O)cc3)c2)CC1. The first kappa shape index (κ1) is 12.3. The van der Waals surface area contributed by atoms with E-state index in [2.05, 4.69) is 18.2 Å². The molecule has 2 aromatic rings. The zero-order chi connectivity index (χ0) is 13.2. The summed E-state index contributed by atoms with van der Waals surface area (Å²) >= 11 is 0. The molecule has 1 aromatic carbocycles. The van der Waals surface area contributed by atoms with Crippen molar-refractivity contribution < 1.29 is 5.11 Å². The fourth-order valence-electron chi connectivity index (χ4n) is 2.89. The molecule has 19 heavy (non-hydrogen) atoms. The second kappa shape index (κ2) is 5.08. The summed E-state index contributed by atoms with van der Waals surface area (Å²) in [6.45, 7) is 2.34. The van der Waals surface area contributed by atoms with Crippen LogP contribution in [-0.2, 0) is 0 Å². The van der Waals surface area contributed by atoms with Crippen molar-refractivity contribution in [1.29, 1.82) is 0 Å². The molecule has 1 aromatic heterocycles. The molecule has 1 aliphatic carbocycles. The van der Waals surface area contributed by atoms with Crippen molar-refractivity contribution in [2.45, 2.75) is 38.5 Å². The lowest BCUT2D eigenvalue weighted by Gasteiger charge is -2.25. The molecule has 3 heteroatoms. The van der Waals surface area contributed by atoms with E-state index >= 15 is 0 Å². The average molecular weight is 256 g/mol. The van der Waals surface area contributed by atoms with Crippen molar-refractivity contribution >= 4 is 0 Å². The van der Waals surface area contributed by atoms with Crippen LogP contribution in [0.1, 0.15) is 44.1 Å². The van der Waals surface area contributed by atoms with Gasteiger partial charge in [-0.1, -0.05) is 19.8 Å². The Hall–Kier alpha value is -1.77. The minimum absolute atomic E-state index is 0.289. The van der Waals surface area contributed by atoms with Crippen LogP contribution in [0.15, 0.2) is 36.7 Å². The van der Waals surface area contributed by atoms with Gasteiger partial charge in [-0.3, -0.25) is 0 Å². The molecule has 1 aliphatic rings. The summed E-state index contributed by atoms with van der Waals surface area (Å²) in [6, 6.07) is 7.15. The second-order valence-electron chi connectivity index (χ2n) is 5.69. The summed E-state index contributed by atoms with van der Waals surface area (Å²) in [4.78, 5) is 0. The predicted molar refractivity (Wildman–Crippen MR) is 75.6 cm³/mol. The lowest BCUT2D eigenvalue weighted by Crippen LogP contribution is -2.10. The van der Waals surface area contributed by atoms with Crippen LogP contribution in [-0.4, -0.2) is 14.9 Å². The molecule has 0 atom stereocenters. The van der Waals surface area contributed by atoms with Gasteiger partial charge in [0.15, 0.2) is 0 Å². The molecule has 0 unspecified atom stereocenters. The third-order valence-corrected chi connectivity index (χ3v) is 4.20. The molecule has 1 heterocycles. The average Bonchev–Trinajstić information content (AvgIpc) is 2.90. The van der Waals surface area contributed by atoms with Crippen LogP contribution < -0.4 is 0 Å². The Morgan fingerprint density at radius 2 is 1.79 bits per heavy atom. The molecule has 1 saturated carbocycles. The van der Waals surface area contributed by atoms with E-state index in [4.69, 9.17) is 0 Å².